The van der Waals surface area contributed by atoms with Crippen molar-refractivity contribution >= 4 is 41.7 Å². The molecule has 5 nitrogen and oxygen atoms in total. The number of nitrogens with two attached hydrogens (primary N) is 1. The summed E-state index contributed by atoms with van der Waals surface area (Å²) in [6, 6.07) is 3.96. The van der Waals surface area contributed by atoms with Gasteiger partial charge in [0.2, 0.25) is 5.88 Å². The molecule has 0 aromatic carbocycles. The van der Waals surface area contributed by atoms with Gasteiger partial charge in [-0.2, -0.15) is 11.8 Å². The first kappa shape index (κ1) is 18.6. The van der Waals surface area contributed by atoms with Crippen molar-refractivity contribution in [1.29, 1.82) is 0 Å². The van der Waals surface area contributed by atoms with E-state index in [1.807, 2.05) is 23.9 Å². The van der Waals surface area contributed by atoms with Crippen LogP contribution in [0.3, 0.4) is 0 Å². The molecule has 2 heterocycles. The zero-order valence-corrected chi connectivity index (χ0v) is 16.5. The van der Waals surface area contributed by atoms with E-state index in [4.69, 9.17) is 10.5 Å². The van der Waals surface area contributed by atoms with E-state index in [1.54, 1.807) is 6.20 Å². The van der Waals surface area contributed by atoms with Crippen molar-refractivity contribution in [2.24, 2.45) is 10.7 Å². The van der Waals surface area contributed by atoms with Gasteiger partial charge in [0.25, 0.3) is 0 Å². The Kier molecular flexibility index (Phi) is 7.75. The second-order valence-corrected chi connectivity index (χ2v) is 6.99. The summed E-state index contributed by atoms with van der Waals surface area (Å²) in [7, 11) is 0. The molecule has 0 amide bonds. The van der Waals surface area contributed by atoms with Gasteiger partial charge in [-0.05, 0) is 31.7 Å². The van der Waals surface area contributed by atoms with E-state index in [0.29, 0.717) is 18.6 Å². The number of hydrogen-bond donors (Lipinski definition) is 1. The van der Waals surface area contributed by atoms with E-state index in [2.05, 4.69) is 14.9 Å². The van der Waals surface area contributed by atoms with Crippen LogP contribution in [0.15, 0.2) is 23.3 Å². The molecule has 0 atom stereocenters. The topological polar surface area (TPSA) is 63.7 Å². The molecule has 1 aliphatic carbocycles. The van der Waals surface area contributed by atoms with Crippen molar-refractivity contribution in [3.05, 3.63) is 23.9 Å². The predicted octanol–water partition coefficient (Wildman–Crippen LogP) is 2.88. The summed E-state index contributed by atoms with van der Waals surface area (Å²) in [5, 5.41) is 0. The van der Waals surface area contributed by atoms with E-state index in [-0.39, 0.29) is 24.0 Å². The summed E-state index contributed by atoms with van der Waals surface area (Å²) in [5.74, 6) is 3.61. The molecule has 1 saturated heterocycles. The van der Waals surface area contributed by atoms with Crippen molar-refractivity contribution in [3.8, 4) is 5.88 Å². The maximum atomic E-state index is 6.12. The number of pyridine rings is 1. The highest BCUT2D eigenvalue weighted by atomic mass is 127. The number of aromatic nitrogens is 1. The third-order valence-corrected chi connectivity index (χ3v) is 5.12. The van der Waals surface area contributed by atoms with Crippen LogP contribution >= 0.6 is 35.7 Å². The minimum absolute atomic E-state index is 0. The second-order valence-electron chi connectivity index (χ2n) is 5.77. The van der Waals surface area contributed by atoms with Crippen molar-refractivity contribution < 1.29 is 4.74 Å². The van der Waals surface area contributed by atoms with Crippen LogP contribution in [0.1, 0.15) is 31.2 Å². The molecular formula is C16H25IN4OS. The molecule has 128 valence electrons. The standard InChI is InChI=1S/C16H24N4OS.HI/c17-16(20-8-10-22-11-9-20)19-12-13-4-3-7-18-15(13)21-14-5-1-2-6-14;/h3-4,7,14H,1-2,5-6,8-12H2,(H2,17,19);1H. The summed E-state index contributed by atoms with van der Waals surface area (Å²) < 4.78 is 6.05. The molecule has 1 aromatic heterocycles. The van der Waals surface area contributed by atoms with E-state index < -0.39 is 0 Å². The average Bonchev–Trinajstić information content (AvgIpc) is 3.07. The van der Waals surface area contributed by atoms with Gasteiger partial charge in [-0.25, -0.2) is 9.98 Å². The Morgan fingerprint density at radius 2 is 2.09 bits per heavy atom. The van der Waals surface area contributed by atoms with Crippen molar-refractivity contribution in [3.63, 3.8) is 0 Å². The Morgan fingerprint density at radius 1 is 1.35 bits per heavy atom. The number of halogens is 1. The van der Waals surface area contributed by atoms with Gasteiger partial charge in [-0.15, -0.1) is 24.0 Å². The highest BCUT2D eigenvalue weighted by molar-refractivity contribution is 14.0. The zero-order valence-electron chi connectivity index (χ0n) is 13.3. The summed E-state index contributed by atoms with van der Waals surface area (Å²) in [6.07, 6.45) is 6.87. The third-order valence-electron chi connectivity index (χ3n) is 4.18. The van der Waals surface area contributed by atoms with Crippen LogP contribution in [0, 0.1) is 0 Å². The number of ether oxygens (including phenoxy) is 1. The molecule has 1 aliphatic heterocycles. The van der Waals surface area contributed by atoms with Crippen LogP contribution in [0.5, 0.6) is 5.88 Å². The molecule has 2 N–H and O–H groups in total. The van der Waals surface area contributed by atoms with Gasteiger partial charge < -0.3 is 15.4 Å². The van der Waals surface area contributed by atoms with E-state index >= 15 is 0 Å². The Balaban J connectivity index is 0.00000192. The smallest absolute Gasteiger partial charge is 0.218 e. The van der Waals surface area contributed by atoms with Crippen LogP contribution in [-0.4, -0.2) is 46.5 Å². The van der Waals surface area contributed by atoms with Gasteiger partial charge >= 0.3 is 0 Å². The van der Waals surface area contributed by atoms with Gasteiger partial charge in [0.05, 0.1) is 6.54 Å². The molecule has 0 spiro atoms. The molecule has 2 fully saturated rings. The molecule has 3 rings (SSSR count). The number of nitrogens with zero attached hydrogens (tertiary/aromatic N) is 3. The fourth-order valence-corrected chi connectivity index (χ4v) is 3.78. The largest absolute Gasteiger partial charge is 0.474 e. The summed E-state index contributed by atoms with van der Waals surface area (Å²) >= 11 is 1.97. The number of rotatable bonds is 4. The molecule has 7 heteroatoms. The first-order valence-corrected chi connectivity index (χ1v) is 9.21. The number of aliphatic imine (C=N–C) groups is 1. The van der Waals surface area contributed by atoms with Crippen molar-refractivity contribution in [2.45, 2.75) is 38.3 Å². The van der Waals surface area contributed by atoms with Gasteiger partial charge in [0.1, 0.15) is 6.10 Å². The first-order chi connectivity index (χ1) is 10.8. The van der Waals surface area contributed by atoms with E-state index in [9.17, 15) is 0 Å². The SMILES string of the molecule is I.NC(=NCc1cccnc1OC1CCCC1)N1CCSCC1. The van der Waals surface area contributed by atoms with Gasteiger partial charge in [-0.3, -0.25) is 0 Å². The lowest BCUT2D eigenvalue weighted by Crippen LogP contribution is -2.42. The Morgan fingerprint density at radius 3 is 2.83 bits per heavy atom. The lowest BCUT2D eigenvalue weighted by atomic mass is 10.2. The molecule has 0 radical (unpaired) electrons. The van der Waals surface area contributed by atoms with Crippen LogP contribution in [0.2, 0.25) is 0 Å². The Labute approximate surface area is 159 Å². The van der Waals surface area contributed by atoms with Crippen molar-refractivity contribution in [2.75, 3.05) is 24.6 Å². The lowest BCUT2D eigenvalue weighted by molar-refractivity contribution is 0.199. The number of thioether (sulfide) groups is 1. The number of guanidine groups is 1. The van der Waals surface area contributed by atoms with Gasteiger partial charge in [0, 0.05) is 36.4 Å². The molecule has 1 saturated carbocycles. The van der Waals surface area contributed by atoms with Crippen LogP contribution in [-0.2, 0) is 6.54 Å². The average molecular weight is 448 g/mol. The molecular weight excluding hydrogens is 423 g/mol. The highest BCUT2D eigenvalue weighted by Crippen LogP contribution is 2.25. The monoisotopic (exact) mass is 448 g/mol. The van der Waals surface area contributed by atoms with Gasteiger partial charge in [0.15, 0.2) is 5.96 Å². The minimum Gasteiger partial charge on any atom is -0.474 e. The van der Waals surface area contributed by atoms with Gasteiger partial charge in [-0.1, -0.05) is 6.07 Å². The van der Waals surface area contributed by atoms with Crippen LogP contribution < -0.4 is 10.5 Å². The minimum atomic E-state index is 0. The first-order valence-electron chi connectivity index (χ1n) is 8.06. The summed E-state index contributed by atoms with van der Waals surface area (Å²) in [6.45, 7) is 2.50. The number of hydrogen-bond acceptors (Lipinski definition) is 4. The fourth-order valence-electron chi connectivity index (χ4n) is 2.87. The zero-order chi connectivity index (χ0) is 15.2. The van der Waals surface area contributed by atoms with E-state index in [0.717, 1.165) is 48.9 Å². The quantitative estimate of drug-likeness (QED) is 0.436. The summed E-state index contributed by atoms with van der Waals surface area (Å²) in [4.78, 5) is 11.1. The molecule has 0 unspecified atom stereocenters. The molecule has 1 aromatic rings. The summed E-state index contributed by atoms with van der Waals surface area (Å²) in [5.41, 5.74) is 7.13. The fraction of sp³-hybridized carbons (Fsp3) is 0.625. The molecule has 2 aliphatic rings. The predicted molar refractivity (Wildman–Crippen MR) is 107 cm³/mol. The molecule has 23 heavy (non-hydrogen) atoms. The highest BCUT2D eigenvalue weighted by Gasteiger charge is 2.18. The Hall–Kier alpha value is -0.700. The molecule has 0 bridgehead atoms. The maximum Gasteiger partial charge on any atom is 0.218 e. The van der Waals surface area contributed by atoms with E-state index in [1.165, 1.54) is 12.8 Å². The maximum absolute atomic E-state index is 6.12. The van der Waals surface area contributed by atoms with Crippen molar-refractivity contribution in [1.82, 2.24) is 9.88 Å². The lowest BCUT2D eigenvalue weighted by Gasteiger charge is -2.27. The Bertz CT molecular complexity index is 517. The van der Waals surface area contributed by atoms with Crippen LogP contribution in [0.25, 0.3) is 0 Å². The second kappa shape index (κ2) is 9.56. The van der Waals surface area contributed by atoms with Crippen LogP contribution in [0.4, 0.5) is 0 Å². The normalized spacial score (nSPS) is 19.5. The third kappa shape index (κ3) is 5.41.